The fourth-order valence-electron chi connectivity index (χ4n) is 4.14. The molecular formula is C25H33F3N6O. The summed E-state index contributed by atoms with van der Waals surface area (Å²) >= 11 is 0. The molecule has 1 saturated heterocycles. The van der Waals surface area contributed by atoms with E-state index < -0.39 is 12.8 Å². The predicted molar refractivity (Wildman–Crippen MR) is 133 cm³/mol. The molecule has 2 aliphatic heterocycles. The molecule has 190 valence electrons. The van der Waals surface area contributed by atoms with Gasteiger partial charge in [-0.15, -0.1) is 6.58 Å². The Kier molecular flexibility index (Phi) is 8.69. The number of hydrogen-bond donors (Lipinski definition) is 1. The third kappa shape index (κ3) is 7.66. The number of nitrogens with zero attached hydrogens (tertiary/aromatic N) is 5. The largest absolute Gasteiger partial charge is 0.486 e. The Bertz CT molecular complexity index is 1030. The highest BCUT2D eigenvalue weighted by atomic mass is 19.4. The highest BCUT2D eigenvalue weighted by Crippen LogP contribution is 2.25. The van der Waals surface area contributed by atoms with Crippen molar-refractivity contribution in [3.05, 3.63) is 54.2 Å². The van der Waals surface area contributed by atoms with Crippen LogP contribution in [0.5, 0.6) is 0 Å². The van der Waals surface area contributed by atoms with Gasteiger partial charge in [-0.05, 0) is 37.8 Å². The molecule has 1 N–H and O–H groups in total. The van der Waals surface area contributed by atoms with Crippen LogP contribution >= 0.6 is 0 Å². The molecule has 0 amide bonds. The molecule has 2 aliphatic rings. The van der Waals surface area contributed by atoms with Crippen molar-refractivity contribution in [2.24, 2.45) is 21.8 Å². The summed E-state index contributed by atoms with van der Waals surface area (Å²) in [5, 5.41) is 3.36. The Morgan fingerprint density at radius 1 is 1.26 bits per heavy atom. The molecule has 35 heavy (non-hydrogen) atoms. The number of allylic oxidation sites excluding steroid dienone is 3. The van der Waals surface area contributed by atoms with Crippen LogP contribution in [-0.2, 0) is 4.74 Å². The molecule has 0 aromatic carbocycles. The topological polar surface area (TPSA) is 75.0 Å². The fraction of sp³-hybridized carbons (Fsp3) is 0.520. The Morgan fingerprint density at radius 2 is 2.03 bits per heavy atom. The lowest BCUT2D eigenvalue weighted by molar-refractivity contribution is -0.164. The standard InChI is InChI=1S/C25H33F3N6O/c1-6-22(19-9-10-34(13-19)23-11-17(4)30-15-31-23)33-24-29-12-20(35-14-25(26,27)28)7-8-21(16(2)3)18(5)32-24/h6-8,11,15-16,19,22H,1,9-10,12-14H2,2-5H3,(H,29,33)/b20-7+,21-8+,32-18+. The molecule has 0 saturated carbocycles. The van der Waals surface area contributed by atoms with Crippen molar-refractivity contribution < 1.29 is 17.9 Å². The van der Waals surface area contributed by atoms with Crippen LogP contribution in [-0.4, -0.2) is 60.1 Å². The predicted octanol–water partition coefficient (Wildman–Crippen LogP) is 4.63. The zero-order valence-electron chi connectivity index (χ0n) is 20.6. The molecule has 0 spiro atoms. The number of aryl methyl sites for hydroxylation is 1. The zero-order valence-corrected chi connectivity index (χ0v) is 20.6. The van der Waals surface area contributed by atoms with Gasteiger partial charge in [0.2, 0.25) is 5.96 Å². The average molecular weight is 491 g/mol. The second-order valence-electron chi connectivity index (χ2n) is 9.07. The minimum absolute atomic E-state index is 0.0576. The number of guanidine groups is 1. The van der Waals surface area contributed by atoms with Crippen molar-refractivity contribution in [1.82, 2.24) is 15.3 Å². The molecule has 0 radical (unpaired) electrons. The van der Waals surface area contributed by atoms with E-state index in [0.29, 0.717) is 5.96 Å². The summed E-state index contributed by atoms with van der Waals surface area (Å²) < 4.78 is 43.2. The quantitative estimate of drug-likeness (QED) is 0.564. The van der Waals surface area contributed by atoms with Crippen LogP contribution < -0.4 is 10.2 Å². The SMILES string of the molecule is C=CC(NC1=N\C\C(OCC(F)(F)F)=C/C=C(C(C)C)/C(C)=N/1)C1CCN(c2cc(C)ncn2)C1. The van der Waals surface area contributed by atoms with Crippen molar-refractivity contribution in [3.63, 3.8) is 0 Å². The molecule has 2 atom stereocenters. The number of rotatable bonds is 7. The lowest BCUT2D eigenvalue weighted by Crippen LogP contribution is -2.40. The number of alkyl halides is 3. The van der Waals surface area contributed by atoms with Gasteiger partial charge < -0.3 is 15.0 Å². The van der Waals surface area contributed by atoms with E-state index in [0.717, 1.165) is 42.3 Å². The first-order valence-corrected chi connectivity index (χ1v) is 11.7. The van der Waals surface area contributed by atoms with E-state index in [-0.39, 0.29) is 30.2 Å². The summed E-state index contributed by atoms with van der Waals surface area (Å²) in [6.07, 6.45) is 3.20. The van der Waals surface area contributed by atoms with E-state index in [9.17, 15) is 13.2 Å². The molecule has 7 nitrogen and oxygen atoms in total. The van der Waals surface area contributed by atoms with Gasteiger partial charge in [-0.1, -0.05) is 26.0 Å². The third-order valence-electron chi connectivity index (χ3n) is 5.96. The van der Waals surface area contributed by atoms with Crippen LogP contribution in [0.15, 0.2) is 58.5 Å². The van der Waals surface area contributed by atoms with Gasteiger partial charge in [-0.3, -0.25) is 0 Å². The molecular weight excluding hydrogens is 457 g/mol. The molecule has 1 fully saturated rings. The minimum Gasteiger partial charge on any atom is -0.486 e. The number of aliphatic imine (C=N–C) groups is 2. The van der Waals surface area contributed by atoms with Crippen LogP contribution in [0.25, 0.3) is 0 Å². The number of halogens is 3. The van der Waals surface area contributed by atoms with Gasteiger partial charge in [0.15, 0.2) is 6.61 Å². The number of ether oxygens (including phenoxy) is 1. The number of anilines is 1. The van der Waals surface area contributed by atoms with E-state index in [1.165, 1.54) is 0 Å². The summed E-state index contributed by atoms with van der Waals surface area (Å²) in [7, 11) is 0. The smallest absolute Gasteiger partial charge is 0.422 e. The Hall–Kier alpha value is -3.17. The van der Waals surface area contributed by atoms with Gasteiger partial charge in [0.25, 0.3) is 0 Å². The van der Waals surface area contributed by atoms with Gasteiger partial charge in [-0.2, -0.15) is 13.2 Å². The van der Waals surface area contributed by atoms with Crippen molar-refractivity contribution in [1.29, 1.82) is 0 Å². The first-order chi connectivity index (χ1) is 16.6. The van der Waals surface area contributed by atoms with E-state index in [2.05, 4.69) is 36.7 Å². The zero-order chi connectivity index (χ0) is 25.6. The van der Waals surface area contributed by atoms with Gasteiger partial charge in [0.1, 0.15) is 24.4 Å². The van der Waals surface area contributed by atoms with E-state index >= 15 is 0 Å². The fourth-order valence-corrected chi connectivity index (χ4v) is 4.14. The van der Waals surface area contributed by atoms with E-state index in [4.69, 9.17) is 4.74 Å². The Morgan fingerprint density at radius 3 is 2.69 bits per heavy atom. The molecule has 1 aromatic heterocycles. The van der Waals surface area contributed by atoms with Gasteiger partial charge >= 0.3 is 6.18 Å². The highest BCUT2D eigenvalue weighted by Gasteiger charge is 2.30. The summed E-state index contributed by atoms with van der Waals surface area (Å²) in [5.41, 5.74) is 2.55. The molecule has 3 rings (SSSR count). The highest BCUT2D eigenvalue weighted by molar-refractivity contribution is 6.06. The normalized spacial score (nSPS) is 26.1. The Labute approximate surface area is 204 Å². The summed E-state index contributed by atoms with van der Waals surface area (Å²) in [6, 6.07) is 1.83. The monoisotopic (exact) mass is 490 g/mol. The maximum atomic E-state index is 12.7. The lowest BCUT2D eigenvalue weighted by Gasteiger charge is -2.23. The second-order valence-corrected chi connectivity index (χ2v) is 9.07. The van der Waals surface area contributed by atoms with Crippen LogP contribution in [0.4, 0.5) is 19.0 Å². The maximum Gasteiger partial charge on any atom is 0.422 e. The van der Waals surface area contributed by atoms with Crippen LogP contribution in [0.2, 0.25) is 0 Å². The van der Waals surface area contributed by atoms with Crippen molar-refractivity contribution in [2.45, 2.75) is 46.3 Å². The molecule has 0 aliphatic carbocycles. The van der Waals surface area contributed by atoms with E-state index in [1.54, 1.807) is 18.5 Å². The summed E-state index contributed by atoms with van der Waals surface area (Å²) in [6.45, 7) is 12.0. The van der Waals surface area contributed by atoms with Gasteiger partial charge in [0.05, 0.1) is 6.04 Å². The number of nitrogens with one attached hydrogen (secondary N) is 1. The summed E-state index contributed by atoms with van der Waals surface area (Å²) in [5.74, 6) is 1.71. The second kappa shape index (κ2) is 11.5. The third-order valence-corrected chi connectivity index (χ3v) is 5.96. The van der Waals surface area contributed by atoms with Crippen LogP contribution in [0.1, 0.15) is 32.9 Å². The van der Waals surface area contributed by atoms with Crippen LogP contribution in [0.3, 0.4) is 0 Å². The van der Waals surface area contributed by atoms with Gasteiger partial charge in [0, 0.05) is 36.5 Å². The molecule has 1 aromatic rings. The van der Waals surface area contributed by atoms with Crippen molar-refractivity contribution in [3.8, 4) is 0 Å². The van der Waals surface area contributed by atoms with Crippen molar-refractivity contribution in [2.75, 3.05) is 31.1 Å². The molecule has 10 heteroatoms. The van der Waals surface area contributed by atoms with E-state index in [1.807, 2.05) is 39.8 Å². The Balaban J connectivity index is 1.78. The molecule has 2 unspecified atom stereocenters. The number of hydrogen-bond acceptors (Lipinski definition) is 7. The maximum absolute atomic E-state index is 12.7. The molecule has 3 heterocycles. The first-order valence-electron chi connectivity index (χ1n) is 11.7. The van der Waals surface area contributed by atoms with Gasteiger partial charge in [-0.25, -0.2) is 20.0 Å². The lowest BCUT2D eigenvalue weighted by atomic mass is 9.98. The number of aromatic nitrogens is 2. The summed E-state index contributed by atoms with van der Waals surface area (Å²) in [4.78, 5) is 19.9. The molecule has 0 bridgehead atoms. The minimum atomic E-state index is -4.43. The van der Waals surface area contributed by atoms with Crippen LogP contribution in [0, 0.1) is 18.8 Å². The first kappa shape index (κ1) is 26.4. The van der Waals surface area contributed by atoms with Crippen molar-refractivity contribution >= 4 is 17.5 Å². The average Bonchev–Trinajstić information content (AvgIpc) is 3.29.